The van der Waals surface area contributed by atoms with Crippen LogP contribution in [0.1, 0.15) is 25.8 Å². The fourth-order valence-corrected chi connectivity index (χ4v) is 6.02. The normalized spacial score (nSPS) is 11.9. The van der Waals surface area contributed by atoms with Crippen molar-refractivity contribution >= 4 is 50.7 Å². The van der Waals surface area contributed by atoms with E-state index in [-0.39, 0.29) is 32.9 Å². The molecule has 3 aromatic rings. The predicted molar refractivity (Wildman–Crippen MR) is 160 cm³/mol. The number of hydrogen-bond acceptors (Lipinski definition) is 6. The number of benzene rings is 3. The van der Waals surface area contributed by atoms with Crippen molar-refractivity contribution in [3.8, 4) is 11.5 Å². The lowest BCUT2D eigenvalue weighted by molar-refractivity contribution is -0.139. The summed E-state index contributed by atoms with van der Waals surface area (Å²) in [6, 6.07) is 12.5. The van der Waals surface area contributed by atoms with Crippen LogP contribution < -0.4 is 19.1 Å². The lowest BCUT2D eigenvalue weighted by Gasteiger charge is -2.32. The van der Waals surface area contributed by atoms with E-state index in [1.54, 1.807) is 18.2 Å². The standard InChI is InChI=1S/C29H32Cl2FN3O6S/c1-5-15-33-29(37)19(2)34(17-23-24(30)7-6-8-25(23)31)28(36)18-35(21-11-9-20(32)10-12-21)42(38,39)22-13-14-26(40-3)27(16-22)41-4/h6-14,16,19H,5,15,17-18H2,1-4H3,(H,33,37). The van der Waals surface area contributed by atoms with E-state index in [0.29, 0.717) is 24.3 Å². The van der Waals surface area contributed by atoms with Crippen LogP contribution in [0.4, 0.5) is 10.1 Å². The van der Waals surface area contributed by atoms with Gasteiger partial charge in [0.05, 0.1) is 24.8 Å². The Kier molecular flexibility index (Phi) is 11.4. The van der Waals surface area contributed by atoms with Crippen molar-refractivity contribution in [1.82, 2.24) is 10.2 Å². The molecule has 0 aliphatic heterocycles. The van der Waals surface area contributed by atoms with Gasteiger partial charge >= 0.3 is 0 Å². The van der Waals surface area contributed by atoms with E-state index in [0.717, 1.165) is 16.4 Å². The summed E-state index contributed by atoms with van der Waals surface area (Å²) < 4.78 is 53.1. The van der Waals surface area contributed by atoms with Crippen LogP contribution in [-0.4, -0.2) is 58.5 Å². The van der Waals surface area contributed by atoms with E-state index in [2.05, 4.69) is 5.32 Å². The highest BCUT2D eigenvalue weighted by Crippen LogP contribution is 2.33. The van der Waals surface area contributed by atoms with Crippen LogP contribution in [0.5, 0.6) is 11.5 Å². The van der Waals surface area contributed by atoms with Crippen LogP contribution in [0.2, 0.25) is 10.0 Å². The molecule has 42 heavy (non-hydrogen) atoms. The van der Waals surface area contributed by atoms with Crippen LogP contribution >= 0.6 is 23.2 Å². The molecule has 0 spiro atoms. The first-order valence-electron chi connectivity index (χ1n) is 12.9. The highest BCUT2D eigenvalue weighted by Gasteiger charge is 2.33. The number of ether oxygens (including phenoxy) is 2. The molecule has 1 atom stereocenters. The number of anilines is 1. The van der Waals surface area contributed by atoms with E-state index in [9.17, 15) is 22.4 Å². The highest BCUT2D eigenvalue weighted by atomic mass is 35.5. The Balaban J connectivity index is 2.09. The second kappa shape index (κ2) is 14.6. The number of rotatable bonds is 13. The molecule has 226 valence electrons. The minimum atomic E-state index is -4.43. The van der Waals surface area contributed by atoms with Gasteiger partial charge in [0, 0.05) is 34.8 Å². The summed E-state index contributed by atoms with van der Waals surface area (Å²) in [5.41, 5.74) is 0.416. The van der Waals surface area contributed by atoms with Crippen LogP contribution in [0.3, 0.4) is 0 Å². The second-order valence-electron chi connectivity index (χ2n) is 9.19. The first-order chi connectivity index (χ1) is 19.9. The molecule has 1 unspecified atom stereocenters. The zero-order valence-electron chi connectivity index (χ0n) is 23.6. The van der Waals surface area contributed by atoms with E-state index in [4.69, 9.17) is 32.7 Å². The maximum absolute atomic E-state index is 14.0. The number of hydrogen-bond donors (Lipinski definition) is 1. The summed E-state index contributed by atoms with van der Waals surface area (Å²) >= 11 is 12.8. The van der Waals surface area contributed by atoms with E-state index in [1.807, 2.05) is 6.92 Å². The predicted octanol–water partition coefficient (Wildman–Crippen LogP) is 5.29. The second-order valence-corrected chi connectivity index (χ2v) is 11.9. The number of carbonyl (C=O) groups excluding carboxylic acids is 2. The Morgan fingerprint density at radius 2 is 1.60 bits per heavy atom. The van der Waals surface area contributed by atoms with Crippen molar-refractivity contribution in [2.45, 2.75) is 37.8 Å². The SMILES string of the molecule is CCCNC(=O)C(C)N(Cc1c(Cl)cccc1Cl)C(=O)CN(c1ccc(F)cc1)S(=O)(=O)c1ccc(OC)c(OC)c1. The van der Waals surface area contributed by atoms with Gasteiger partial charge in [-0.05, 0) is 61.9 Å². The van der Waals surface area contributed by atoms with Gasteiger partial charge in [0.1, 0.15) is 18.4 Å². The summed E-state index contributed by atoms with van der Waals surface area (Å²) in [5.74, 6) is -1.30. The maximum atomic E-state index is 14.0. The van der Waals surface area contributed by atoms with Crippen LogP contribution in [-0.2, 0) is 26.2 Å². The maximum Gasteiger partial charge on any atom is 0.264 e. The molecule has 0 saturated carbocycles. The minimum Gasteiger partial charge on any atom is -0.493 e. The Morgan fingerprint density at radius 3 is 2.17 bits per heavy atom. The average Bonchev–Trinajstić information content (AvgIpc) is 2.98. The number of halogens is 3. The topological polar surface area (TPSA) is 105 Å². The van der Waals surface area contributed by atoms with Gasteiger partial charge in [-0.2, -0.15) is 0 Å². The van der Waals surface area contributed by atoms with Crippen molar-refractivity contribution < 1.29 is 31.9 Å². The molecular formula is C29H32Cl2FN3O6S. The van der Waals surface area contributed by atoms with Gasteiger partial charge in [-0.1, -0.05) is 36.2 Å². The zero-order chi connectivity index (χ0) is 31.0. The summed E-state index contributed by atoms with van der Waals surface area (Å²) in [6.45, 7) is 2.89. The van der Waals surface area contributed by atoms with Crippen molar-refractivity contribution in [2.24, 2.45) is 0 Å². The molecule has 0 saturated heterocycles. The molecule has 2 amide bonds. The average molecular weight is 641 g/mol. The summed E-state index contributed by atoms with van der Waals surface area (Å²) in [6.07, 6.45) is 0.671. The third kappa shape index (κ3) is 7.64. The largest absolute Gasteiger partial charge is 0.493 e. The molecule has 0 aromatic heterocycles. The lowest BCUT2D eigenvalue weighted by Crippen LogP contribution is -2.51. The molecule has 0 radical (unpaired) electrons. The van der Waals surface area contributed by atoms with Crippen LogP contribution in [0.25, 0.3) is 0 Å². The molecule has 0 bridgehead atoms. The van der Waals surface area contributed by atoms with Gasteiger partial charge in [-0.25, -0.2) is 12.8 Å². The number of amides is 2. The molecule has 1 N–H and O–H groups in total. The van der Waals surface area contributed by atoms with E-state index < -0.39 is 40.2 Å². The molecule has 3 rings (SSSR count). The van der Waals surface area contributed by atoms with Crippen LogP contribution in [0.15, 0.2) is 65.6 Å². The Labute approximate surface area is 255 Å². The smallest absolute Gasteiger partial charge is 0.264 e. The summed E-state index contributed by atoms with van der Waals surface area (Å²) in [7, 11) is -1.66. The van der Waals surface area contributed by atoms with Gasteiger partial charge < -0.3 is 19.7 Å². The molecule has 0 aliphatic carbocycles. The molecule has 3 aromatic carbocycles. The van der Waals surface area contributed by atoms with Gasteiger partial charge in [0.25, 0.3) is 10.0 Å². The van der Waals surface area contributed by atoms with Crippen LogP contribution in [0, 0.1) is 5.82 Å². The quantitative estimate of drug-likeness (QED) is 0.273. The lowest BCUT2D eigenvalue weighted by atomic mass is 10.1. The van der Waals surface area contributed by atoms with Gasteiger partial charge in [-0.3, -0.25) is 13.9 Å². The minimum absolute atomic E-state index is 0.0262. The van der Waals surface area contributed by atoms with Crippen molar-refractivity contribution in [3.63, 3.8) is 0 Å². The molecule has 0 heterocycles. The monoisotopic (exact) mass is 639 g/mol. The number of nitrogens with one attached hydrogen (secondary N) is 1. The van der Waals surface area contributed by atoms with Gasteiger partial charge in [-0.15, -0.1) is 0 Å². The number of sulfonamides is 1. The molecule has 13 heteroatoms. The van der Waals surface area contributed by atoms with Crippen molar-refractivity contribution in [1.29, 1.82) is 0 Å². The fraction of sp³-hybridized carbons (Fsp3) is 0.310. The third-order valence-electron chi connectivity index (χ3n) is 6.44. The molecular weight excluding hydrogens is 608 g/mol. The molecule has 9 nitrogen and oxygen atoms in total. The fourth-order valence-electron chi connectivity index (χ4n) is 4.07. The first-order valence-corrected chi connectivity index (χ1v) is 15.1. The number of methoxy groups -OCH3 is 2. The van der Waals surface area contributed by atoms with E-state index in [1.165, 1.54) is 56.4 Å². The number of carbonyl (C=O) groups is 2. The summed E-state index contributed by atoms with van der Waals surface area (Å²) in [5, 5.41) is 3.30. The Hall–Kier alpha value is -3.54. The molecule has 0 fully saturated rings. The Bertz CT molecular complexity index is 1500. The van der Waals surface area contributed by atoms with Crippen molar-refractivity contribution in [2.75, 3.05) is 31.6 Å². The Morgan fingerprint density at radius 1 is 0.976 bits per heavy atom. The first kappa shape index (κ1) is 33.0. The van der Waals surface area contributed by atoms with E-state index >= 15 is 0 Å². The third-order valence-corrected chi connectivity index (χ3v) is 8.92. The van der Waals surface area contributed by atoms with Gasteiger partial charge in [0.2, 0.25) is 11.8 Å². The summed E-state index contributed by atoms with van der Waals surface area (Å²) in [4.78, 5) is 28.0. The highest BCUT2D eigenvalue weighted by molar-refractivity contribution is 7.92. The van der Waals surface area contributed by atoms with Gasteiger partial charge in [0.15, 0.2) is 11.5 Å². The number of nitrogens with zero attached hydrogens (tertiary/aromatic N) is 2. The molecule has 0 aliphatic rings. The zero-order valence-corrected chi connectivity index (χ0v) is 25.9. The van der Waals surface area contributed by atoms with Crippen molar-refractivity contribution in [3.05, 3.63) is 82.1 Å².